The van der Waals surface area contributed by atoms with Crippen molar-refractivity contribution < 1.29 is 4.79 Å². The number of rotatable bonds is 2. The summed E-state index contributed by atoms with van der Waals surface area (Å²) in [5.41, 5.74) is 9.29. The van der Waals surface area contributed by atoms with Crippen LogP contribution >= 0.6 is 11.6 Å². The first kappa shape index (κ1) is 13.0. The third-order valence-electron chi connectivity index (χ3n) is 3.59. The minimum absolute atomic E-state index is 0.0495. The van der Waals surface area contributed by atoms with E-state index in [1.54, 1.807) is 6.07 Å². The van der Waals surface area contributed by atoms with Crippen LogP contribution in [-0.4, -0.2) is 17.4 Å². The van der Waals surface area contributed by atoms with Gasteiger partial charge in [0.25, 0.3) is 5.91 Å². The Balaban J connectivity index is 1.83. The van der Waals surface area contributed by atoms with Crippen LogP contribution in [0, 0.1) is 0 Å². The largest absolute Gasteiger partial charge is 0.399 e. The Morgan fingerprint density at radius 2 is 1.90 bits per heavy atom. The van der Waals surface area contributed by atoms with E-state index in [9.17, 15) is 4.79 Å². The van der Waals surface area contributed by atoms with Crippen molar-refractivity contribution in [2.24, 2.45) is 0 Å². The van der Waals surface area contributed by atoms with Crippen LogP contribution in [0.4, 0.5) is 5.69 Å². The lowest BCUT2D eigenvalue weighted by atomic mass is 9.98. The number of amides is 1. The Bertz CT molecular complexity index is 652. The molecular weight excluding hydrogens is 272 g/mol. The van der Waals surface area contributed by atoms with E-state index in [-0.39, 0.29) is 5.91 Å². The second-order valence-electron chi connectivity index (χ2n) is 5.02. The number of anilines is 1. The predicted octanol–water partition coefficient (Wildman–Crippen LogP) is 3.12. The lowest BCUT2D eigenvalue weighted by Gasteiger charge is -2.28. The van der Waals surface area contributed by atoms with E-state index in [0.717, 1.165) is 29.7 Å². The summed E-state index contributed by atoms with van der Waals surface area (Å²) in [6.07, 6.45) is 0.870. The molecule has 0 atom stereocenters. The Morgan fingerprint density at radius 1 is 1.15 bits per heavy atom. The monoisotopic (exact) mass is 286 g/mol. The third kappa shape index (κ3) is 2.49. The number of halogens is 1. The molecule has 0 fully saturated rings. The number of carbonyl (C=O) groups is 1. The van der Waals surface area contributed by atoms with E-state index in [2.05, 4.69) is 0 Å². The van der Waals surface area contributed by atoms with Gasteiger partial charge in [-0.2, -0.15) is 0 Å². The fourth-order valence-corrected chi connectivity index (χ4v) is 2.63. The van der Waals surface area contributed by atoms with Crippen LogP contribution < -0.4 is 5.73 Å². The number of carbonyl (C=O) groups excluding carboxylic acids is 1. The van der Waals surface area contributed by atoms with Gasteiger partial charge in [-0.3, -0.25) is 4.79 Å². The number of hydrogen-bond donors (Lipinski definition) is 1. The SMILES string of the molecule is Nc1ccc2c(c1)C(=O)N(Cc1ccc(Cl)cc1)CC2. The lowest BCUT2D eigenvalue weighted by molar-refractivity contribution is 0.0727. The Kier molecular flexibility index (Phi) is 3.36. The summed E-state index contributed by atoms with van der Waals surface area (Å²) in [7, 11) is 0. The van der Waals surface area contributed by atoms with Crippen LogP contribution in [0.2, 0.25) is 5.02 Å². The molecule has 4 heteroatoms. The summed E-state index contributed by atoms with van der Waals surface area (Å²) in [6.45, 7) is 1.34. The summed E-state index contributed by atoms with van der Waals surface area (Å²) < 4.78 is 0. The van der Waals surface area contributed by atoms with Gasteiger partial charge in [0.2, 0.25) is 0 Å². The molecule has 0 bridgehead atoms. The van der Waals surface area contributed by atoms with E-state index in [0.29, 0.717) is 17.3 Å². The Labute approximate surface area is 123 Å². The molecule has 1 amide bonds. The van der Waals surface area contributed by atoms with Crippen molar-refractivity contribution in [3.8, 4) is 0 Å². The van der Waals surface area contributed by atoms with E-state index >= 15 is 0 Å². The lowest BCUT2D eigenvalue weighted by Crippen LogP contribution is -2.37. The highest BCUT2D eigenvalue weighted by Crippen LogP contribution is 2.23. The van der Waals surface area contributed by atoms with Crippen LogP contribution in [0.1, 0.15) is 21.5 Å². The second kappa shape index (κ2) is 5.17. The molecule has 20 heavy (non-hydrogen) atoms. The molecule has 0 aliphatic carbocycles. The zero-order chi connectivity index (χ0) is 14.1. The van der Waals surface area contributed by atoms with Gasteiger partial charge in [-0.05, 0) is 41.8 Å². The minimum Gasteiger partial charge on any atom is -0.399 e. The first-order valence-corrected chi connectivity index (χ1v) is 6.93. The summed E-state index contributed by atoms with van der Waals surface area (Å²) in [4.78, 5) is 14.3. The van der Waals surface area contributed by atoms with Crippen molar-refractivity contribution in [1.29, 1.82) is 0 Å². The molecule has 0 aromatic heterocycles. The highest BCUT2D eigenvalue weighted by Gasteiger charge is 2.24. The minimum atomic E-state index is 0.0495. The fourth-order valence-electron chi connectivity index (χ4n) is 2.50. The van der Waals surface area contributed by atoms with Gasteiger partial charge in [-0.25, -0.2) is 0 Å². The van der Waals surface area contributed by atoms with Gasteiger partial charge in [-0.15, -0.1) is 0 Å². The number of nitrogens with zero attached hydrogens (tertiary/aromatic N) is 1. The molecule has 1 aliphatic heterocycles. The highest BCUT2D eigenvalue weighted by molar-refractivity contribution is 6.30. The Morgan fingerprint density at radius 3 is 2.65 bits per heavy atom. The molecule has 2 aromatic rings. The van der Waals surface area contributed by atoms with E-state index in [1.165, 1.54) is 0 Å². The van der Waals surface area contributed by atoms with Gasteiger partial charge in [0.1, 0.15) is 0 Å². The number of hydrogen-bond acceptors (Lipinski definition) is 2. The van der Waals surface area contributed by atoms with Gasteiger partial charge in [0.05, 0.1) is 0 Å². The van der Waals surface area contributed by atoms with E-state index in [4.69, 9.17) is 17.3 Å². The van der Waals surface area contributed by atoms with Gasteiger partial charge in [0, 0.05) is 29.4 Å². The molecule has 0 spiro atoms. The molecule has 0 saturated heterocycles. The zero-order valence-electron chi connectivity index (χ0n) is 11.0. The maximum absolute atomic E-state index is 12.5. The molecule has 0 unspecified atom stereocenters. The van der Waals surface area contributed by atoms with E-state index in [1.807, 2.05) is 41.3 Å². The molecule has 1 heterocycles. The molecule has 2 N–H and O–H groups in total. The maximum Gasteiger partial charge on any atom is 0.254 e. The van der Waals surface area contributed by atoms with Crippen LogP contribution in [0.15, 0.2) is 42.5 Å². The predicted molar refractivity (Wildman–Crippen MR) is 80.8 cm³/mol. The smallest absolute Gasteiger partial charge is 0.254 e. The van der Waals surface area contributed by atoms with Gasteiger partial charge in [0.15, 0.2) is 0 Å². The Hall–Kier alpha value is -2.00. The highest BCUT2D eigenvalue weighted by atomic mass is 35.5. The summed E-state index contributed by atoms with van der Waals surface area (Å²) in [5.74, 6) is 0.0495. The average molecular weight is 287 g/mol. The van der Waals surface area contributed by atoms with Crippen LogP contribution in [0.25, 0.3) is 0 Å². The third-order valence-corrected chi connectivity index (χ3v) is 3.84. The zero-order valence-corrected chi connectivity index (χ0v) is 11.7. The molecule has 3 nitrogen and oxygen atoms in total. The first-order valence-electron chi connectivity index (χ1n) is 6.55. The van der Waals surface area contributed by atoms with Gasteiger partial charge < -0.3 is 10.6 Å². The average Bonchev–Trinajstić information content (AvgIpc) is 2.45. The molecule has 0 saturated carbocycles. The maximum atomic E-state index is 12.5. The van der Waals surface area contributed by atoms with Crippen LogP contribution in [0.3, 0.4) is 0 Å². The topological polar surface area (TPSA) is 46.3 Å². The molecule has 1 aliphatic rings. The van der Waals surface area contributed by atoms with Crippen LogP contribution in [-0.2, 0) is 13.0 Å². The fraction of sp³-hybridized carbons (Fsp3) is 0.188. The molecule has 3 rings (SSSR count). The standard InChI is InChI=1S/C16H15ClN2O/c17-13-4-1-11(2-5-13)10-19-8-7-12-3-6-14(18)9-15(12)16(19)20/h1-6,9H,7-8,10,18H2. The number of benzene rings is 2. The summed E-state index contributed by atoms with van der Waals surface area (Å²) in [5, 5.41) is 0.705. The van der Waals surface area contributed by atoms with Crippen molar-refractivity contribution in [2.75, 3.05) is 12.3 Å². The van der Waals surface area contributed by atoms with Crippen molar-refractivity contribution in [3.05, 3.63) is 64.2 Å². The van der Waals surface area contributed by atoms with Gasteiger partial charge in [-0.1, -0.05) is 29.8 Å². The molecule has 2 aromatic carbocycles. The number of nitrogen functional groups attached to an aromatic ring is 1. The molecule has 0 radical (unpaired) electrons. The van der Waals surface area contributed by atoms with Crippen molar-refractivity contribution in [3.63, 3.8) is 0 Å². The molecular formula is C16H15ClN2O. The number of nitrogens with two attached hydrogens (primary N) is 1. The van der Waals surface area contributed by atoms with Crippen molar-refractivity contribution >= 4 is 23.2 Å². The summed E-state index contributed by atoms with van der Waals surface area (Å²) in [6, 6.07) is 13.2. The summed E-state index contributed by atoms with van der Waals surface area (Å²) >= 11 is 5.87. The van der Waals surface area contributed by atoms with Crippen LogP contribution in [0.5, 0.6) is 0 Å². The quantitative estimate of drug-likeness (QED) is 0.862. The van der Waals surface area contributed by atoms with Crippen molar-refractivity contribution in [2.45, 2.75) is 13.0 Å². The van der Waals surface area contributed by atoms with Gasteiger partial charge >= 0.3 is 0 Å². The molecule has 102 valence electrons. The second-order valence-corrected chi connectivity index (χ2v) is 5.46. The normalized spacial score (nSPS) is 14.2. The number of fused-ring (bicyclic) bond motifs is 1. The van der Waals surface area contributed by atoms with Crippen molar-refractivity contribution in [1.82, 2.24) is 4.90 Å². The van der Waals surface area contributed by atoms with E-state index < -0.39 is 0 Å². The first-order chi connectivity index (χ1) is 9.63.